The van der Waals surface area contributed by atoms with Crippen molar-refractivity contribution in [1.29, 1.82) is 0 Å². The van der Waals surface area contributed by atoms with Gasteiger partial charge in [-0.15, -0.1) is 0 Å². The molecule has 0 saturated carbocycles. The number of carbonyl (C=O) groups excluding carboxylic acids is 2. The smallest absolute Gasteiger partial charge is 0.244 e. The van der Waals surface area contributed by atoms with Crippen molar-refractivity contribution in [3.05, 3.63) is 42.5 Å². The lowest BCUT2D eigenvalue weighted by molar-refractivity contribution is -0.125. The number of hydrogen-bond acceptors (Lipinski definition) is 7. The van der Waals surface area contributed by atoms with Gasteiger partial charge in [-0.05, 0) is 31.2 Å². The molecule has 2 aliphatic rings. The highest BCUT2D eigenvalue weighted by molar-refractivity contribution is 7.89. The van der Waals surface area contributed by atoms with Crippen molar-refractivity contribution in [2.45, 2.75) is 17.9 Å². The van der Waals surface area contributed by atoms with E-state index in [1.807, 2.05) is 11.0 Å². The molecule has 0 bridgehead atoms. The van der Waals surface area contributed by atoms with Crippen LogP contribution in [0.1, 0.15) is 6.92 Å². The zero-order valence-corrected chi connectivity index (χ0v) is 20.2. The van der Waals surface area contributed by atoms with E-state index in [0.29, 0.717) is 36.0 Å². The Balaban J connectivity index is 1.45. The number of hydrogen-bond donors (Lipinski definition) is 1. The number of ether oxygens (including phenoxy) is 2. The van der Waals surface area contributed by atoms with Crippen molar-refractivity contribution in [3.63, 3.8) is 0 Å². The average Bonchev–Trinajstić information content (AvgIpc) is 2.86. The molecule has 2 aromatic carbocycles. The summed E-state index contributed by atoms with van der Waals surface area (Å²) in [6.07, 6.45) is 0. The highest BCUT2D eigenvalue weighted by atomic mass is 32.2. The minimum absolute atomic E-state index is 0.0478. The lowest BCUT2D eigenvalue weighted by Gasteiger charge is -2.39. The summed E-state index contributed by atoms with van der Waals surface area (Å²) in [5, 5.41) is 2.78. The fraction of sp³-hybridized carbons (Fsp3) is 0.391. The molecule has 1 atom stereocenters. The van der Waals surface area contributed by atoms with Crippen LogP contribution in [0, 0.1) is 0 Å². The minimum atomic E-state index is -3.73. The summed E-state index contributed by atoms with van der Waals surface area (Å²) in [5.41, 5.74) is 1.26. The normalized spacial score (nSPS) is 18.1. The van der Waals surface area contributed by atoms with Gasteiger partial charge in [0, 0.05) is 32.2 Å². The maximum absolute atomic E-state index is 13.3. The monoisotopic (exact) mass is 488 g/mol. The number of nitrogens with zero attached hydrogens (tertiary/aromatic N) is 3. The second kappa shape index (κ2) is 9.61. The molecule has 10 nitrogen and oxygen atoms in total. The summed E-state index contributed by atoms with van der Waals surface area (Å²) in [6, 6.07) is 11.2. The molecule has 182 valence electrons. The molecule has 2 heterocycles. The average molecular weight is 489 g/mol. The fourth-order valence-electron chi connectivity index (χ4n) is 4.27. The number of para-hydroxylation sites is 2. The van der Waals surface area contributed by atoms with Crippen LogP contribution in [0.25, 0.3) is 0 Å². The maximum Gasteiger partial charge on any atom is 0.244 e. The Bertz CT molecular complexity index is 1190. The van der Waals surface area contributed by atoms with E-state index in [1.54, 1.807) is 31.2 Å². The van der Waals surface area contributed by atoms with Gasteiger partial charge >= 0.3 is 0 Å². The lowest BCUT2D eigenvalue weighted by atomic mass is 10.1. The van der Waals surface area contributed by atoms with Gasteiger partial charge < -0.3 is 14.8 Å². The molecule has 0 radical (unpaired) electrons. The van der Waals surface area contributed by atoms with Crippen molar-refractivity contribution < 1.29 is 27.5 Å². The Hall–Kier alpha value is -3.15. The van der Waals surface area contributed by atoms with Crippen LogP contribution in [0.3, 0.4) is 0 Å². The largest absolute Gasteiger partial charge is 0.493 e. The van der Waals surface area contributed by atoms with E-state index in [0.717, 1.165) is 0 Å². The van der Waals surface area contributed by atoms with Crippen molar-refractivity contribution in [1.82, 2.24) is 9.21 Å². The van der Waals surface area contributed by atoms with Crippen molar-refractivity contribution in [3.8, 4) is 11.5 Å². The summed E-state index contributed by atoms with van der Waals surface area (Å²) in [6.45, 7) is 3.00. The first kappa shape index (κ1) is 24.0. The first-order valence-corrected chi connectivity index (χ1v) is 12.4. The van der Waals surface area contributed by atoms with Crippen molar-refractivity contribution >= 4 is 33.2 Å². The summed E-state index contributed by atoms with van der Waals surface area (Å²) in [5.74, 6) is 0.349. The third-order valence-corrected chi connectivity index (χ3v) is 8.10. The number of carbonyl (C=O) groups is 2. The Kier molecular flexibility index (Phi) is 6.78. The van der Waals surface area contributed by atoms with Gasteiger partial charge in [-0.3, -0.25) is 19.4 Å². The molecular weight excluding hydrogens is 460 g/mol. The number of fused-ring (bicyclic) bond motifs is 1. The van der Waals surface area contributed by atoms with Crippen LogP contribution in [0.5, 0.6) is 11.5 Å². The molecule has 0 aliphatic carbocycles. The molecule has 0 spiro atoms. The van der Waals surface area contributed by atoms with Gasteiger partial charge in [0.25, 0.3) is 0 Å². The molecule has 1 saturated heterocycles. The van der Waals surface area contributed by atoms with Crippen LogP contribution in [-0.2, 0) is 19.6 Å². The van der Waals surface area contributed by atoms with Crippen molar-refractivity contribution in [2.75, 3.05) is 57.2 Å². The molecule has 2 aliphatic heterocycles. The first-order valence-electron chi connectivity index (χ1n) is 10.9. The van der Waals surface area contributed by atoms with Crippen LogP contribution in [0.4, 0.5) is 11.4 Å². The predicted molar refractivity (Wildman–Crippen MR) is 127 cm³/mol. The van der Waals surface area contributed by atoms with E-state index in [2.05, 4.69) is 5.32 Å². The van der Waals surface area contributed by atoms with E-state index in [9.17, 15) is 18.0 Å². The number of anilines is 2. The molecule has 2 aromatic rings. The van der Waals surface area contributed by atoms with E-state index in [1.165, 1.54) is 35.6 Å². The number of piperazine rings is 1. The highest BCUT2D eigenvalue weighted by Crippen LogP contribution is 2.32. The Morgan fingerprint density at radius 3 is 2.35 bits per heavy atom. The molecule has 2 amide bonds. The summed E-state index contributed by atoms with van der Waals surface area (Å²) < 4.78 is 38.2. The maximum atomic E-state index is 13.3. The Morgan fingerprint density at radius 2 is 1.68 bits per heavy atom. The standard InChI is InChI=1S/C23H28N4O6S/c1-16(23(29)27-15-22(28)24-18-6-4-5-7-19(18)27)25-10-12-26(13-11-25)34(30,31)17-8-9-20(32-2)21(14-17)33-3/h4-9,14,16H,10-13,15H2,1-3H3,(H,24,28)/t16-/m0/s1. The summed E-state index contributed by atoms with van der Waals surface area (Å²) >= 11 is 0. The number of nitrogens with one attached hydrogen (secondary N) is 1. The molecule has 0 unspecified atom stereocenters. The van der Waals surface area contributed by atoms with Crippen molar-refractivity contribution in [2.24, 2.45) is 0 Å². The van der Waals surface area contributed by atoms with Gasteiger partial charge in [-0.1, -0.05) is 12.1 Å². The van der Waals surface area contributed by atoms with Crippen LogP contribution in [0.2, 0.25) is 0 Å². The van der Waals surface area contributed by atoms with Gasteiger partial charge in [0.15, 0.2) is 11.5 Å². The number of benzene rings is 2. The third-order valence-electron chi connectivity index (χ3n) is 6.21. The molecule has 34 heavy (non-hydrogen) atoms. The van der Waals surface area contributed by atoms with Gasteiger partial charge in [0.1, 0.15) is 6.54 Å². The highest BCUT2D eigenvalue weighted by Gasteiger charge is 2.36. The second-order valence-electron chi connectivity index (χ2n) is 8.12. The number of methoxy groups -OCH3 is 2. The molecule has 0 aromatic heterocycles. The third kappa shape index (κ3) is 4.46. The number of rotatable bonds is 6. The van der Waals surface area contributed by atoms with Crippen LogP contribution < -0.4 is 19.7 Å². The second-order valence-corrected chi connectivity index (χ2v) is 10.1. The van der Waals surface area contributed by atoms with Crippen LogP contribution >= 0.6 is 0 Å². The molecule has 1 fully saturated rings. The molecule has 1 N–H and O–H groups in total. The number of amides is 2. The van der Waals surface area contributed by atoms with Gasteiger partial charge in [-0.25, -0.2) is 8.42 Å². The van der Waals surface area contributed by atoms with E-state index >= 15 is 0 Å². The molecule has 11 heteroatoms. The molecule has 4 rings (SSSR count). The zero-order valence-electron chi connectivity index (χ0n) is 19.4. The Labute approximate surface area is 199 Å². The van der Waals surface area contributed by atoms with E-state index in [4.69, 9.17) is 9.47 Å². The topological polar surface area (TPSA) is 108 Å². The predicted octanol–water partition coefficient (Wildman–Crippen LogP) is 1.38. The summed E-state index contributed by atoms with van der Waals surface area (Å²) in [7, 11) is -0.791. The quantitative estimate of drug-likeness (QED) is 0.655. The van der Waals surface area contributed by atoms with Gasteiger partial charge in [-0.2, -0.15) is 4.31 Å². The first-order chi connectivity index (χ1) is 16.3. The molecular formula is C23H28N4O6S. The summed E-state index contributed by atoms with van der Waals surface area (Å²) in [4.78, 5) is 28.9. The lowest BCUT2D eigenvalue weighted by Crippen LogP contribution is -2.56. The fourth-order valence-corrected chi connectivity index (χ4v) is 5.71. The minimum Gasteiger partial charge on any atom is -0.493 e. The van der Waals surface area contributed by atoms with Gasteiger partial charge in [0.05, 0.1) is 36.5 Å². The van der Waals surface area contributed by atoms with E-state index in [-0.39, 0.29) is 36.3 Å². The Morgan fingerprint density at radius 1 is 1.00 bits per heavy atom. The van der Waals surface area contributed by atoms with Crippen LogP contribution in [0.15, 0.2) is 47.4 Å². The van der Waals surface area contributed by atoms with Crippen LogP contribution in [-0.4, -0.2) is 82.4 Å². The zero-order chi connectivity index (χ0) is 24.5. The van der Waals surface area contributed by atoms with Gasteiger partial charge in [0.2, 0.25) is 21.8 Å². The van der Waals surface area contributed by atoms with E-state index < -0.39 is 16.1 Å². The SMILES string of the molecule is COc1ccc(S(=O)(=O)N2CCN([C@@H](C)C(=O)N3CC(=O)Nc4ccccc43)CC2)cc1OC. The number of sulfonamides is 1.